The van der Waals surface area contributed by atoms with E-state index in [0.717, 1.165) is 12.0 Å². The molecule has 5 nitrogen and oxygen atoms in total. The molecule has 1 atom stereocenters. The molecule has 0 fully saturated rings. The summed E-state index contributed by atoms with van der Waals surface area (Å²) in [5.41, 5.74) is 1.94. The minimum atomic E-state index is -0.302. The molecule has 1 heterocycles. The fourth-order valence-corrected chi connectivity index (χ4v) is 2.58. The van der Waals surface area contributed by atoms with Gasteiger partial charge in [0.05, 0.1) is 5.69 Å². The van der Waals surface area contributed by atoms with Gasteiger partial charge >= 0.3 is 0 Å². The third-order valence-electron chi connectivity index (χ3n) is 4.25. The molecule has 0 bridgehead atoms. The molecule has 1 aliphatic rings. The van der Waals surface area contributed by atoms with Crippen molar-refractivity contribution in [2.45, 2.75) is 26.2 Å². The van der Waals surface area contributed by atoms with Gasteiger partial charge in [-0.2, -0.15) is 0 Å². The molecule has 0 unspecified atom stereocenters. The van der Waals surface area contributed by atoms with Gasteiger partial charge in [0, 0.05) is 5.56 Å². The number of fused-ring (bicyclic) bond motifs is 1. The van der Waals surface area contributed by atoms with E-state index >= 15 is 0 Å². The molecule has 2 N–H and O–H groups in total. The minimum absolute atomic E-state index is 0.0490. The normalized spacial score (nSPS) is 14.1. The van der Waals surface area contributed by atoms with Crippen molar-refractivity contribution in [3.63, 3.8) is 0 Å². The highest BCUT2D eigenvalue weighted by Gasteiger charge is 2.16. The highest BCUT2D eigenvalue weighted by Crippen LogP contribution is 2.32. The van der Waals surface area contributed by atoms with Crippen molar-refractivity contribution < 1.29 is 19.4 Å². The summed E-state index contributed by atoms with van der Waals surface area (Å²) in [4.78, 5) is 12.5. The van der Waals surface area contributed by atoms with Crippen LogP contribution in [-0.4, -0.2) is 24.2 Å². The van der Waals surface area contributed by atoms with Crippen molar-refractivity contribution in [2.75, 3.05) is 18.5 Å². The number of carbonyl (C=O) groups excluding carboxylic acids is 1. The van der Waals surface area contributed by atoms with Gasteiger partial charge in [0.25, 0.3) is 5.91 Å². The Hall–Kier alpha value is -2.69. The molecule has 0 spiro atoms. The highest BCUT2D eigenvalue weighted by molar-refractivity contribution is 6.05. The van der Waals surface area contributed by atoms with E-state index in [1.165, 1.54) is 0 Å². The van der Waals surface area contributed by atoms with E-state index < -0.39 is 0 Å². The summed E-state index contributed by atoms with van der Waals surface area (Å²) < 4.78 is 11.0. The van der Waals surface area contributed by atoms with Crippen LogP contribution in [-0.2, 0) is 0 Å². The van der Waals surface area contributed by atoms with Crippen LogP contribution in [0.1, 0.15) is 42.1 Å². The van der Waals surface area contributed by atoms with E-state index in [0.29, 0.717) is 41.9 Å². The lowest BCUT2D eigenvalue weighted by Gasteiger charge is -2.19. The second kappa shape index (κ2) is 6.83. The lowest BCUT2D eigenvalue weighted by Crippen LogP contribution is -2.17. The largest absolute Gasteiger partial charge is 0.506 e. The number of phenols is 1. The molecule has 0 saturated carbocycles. The monoisotopic (exact) mass is 327 g/mol. The molecule has 1 aliphatic heterocycles. The number of nitrogens with one attached hydrogen (secondary N) is 1. The predicted molar refractivity (Wildman–Crippen MR) is 92.2 cm³/mol. The van der Waals surface area contributed by atoms with Gasteiger partial charge < -0.3 is 19.9 Å². The first-order chi connectivity index (χ1) is 11.6. The number of hydrogen-bond donors (Lipinski definition) is 2. The molecule has 0 radical (unpaired) electrons. The van der Waals surface area contributed by atoms with Gasteiger partial charge in [-0.15, -0.1) is 0 Å². The molecular weight excluding hydrogens is 306 g/mol. The summed E-state index contributed by atoms with van der Waals surface area (Å²) in [6.45, 7) is 5.19. The van der Waals surface area contributed by atoms with Crippen LogP contribution in [0.4, 0.5) is 5.69 Å². The molecule has 126 valence electrons. The van der Waals surface area contributed by atoms with Crippen LogP contribution in [0.2, 0.25) is 0 Å². The summed E-state index contributed by atoms with van der Waals surface area (Å²) >= 11 is 0. The quantitative estimate of drug-likeness (QED) is 0.835. The van der Waals surface area contributed by atoms with Crippen molar-refractivity contribution in [1.29, 1.82) is 0 Å². The lowest BCUT2D eigenvalue weighted by atomic mass is 9.98. The van der Waals surface area contributed by atoms with Crippen LogP contribution in [0.15, 0.2) is 36.4 Å². The molecule has 0 aromatic heterocycles. The fraction of sp³-hybridized carbons (Fsp3) is 0.316. The van der Waals surface area contributed by atoms with Crippen LogP contribution in [0.25, 0.3) is 0 Å². The number of ether oxygens (including phenoxy) is 2. The summed E-state index contributed by atoms with van der Waals surface area (Å²) in [6, 6.07) is 10.4. The molecule has 3 rings (SSSR count). The van der Waals surface area contributed by atoms with Crippen LogP contribution in [0.3, 0.4) is 0 Å². The van der Waals surface area contributed by atoms with Crippen LogP contribution < -0.4 is 14.8 Å². The third kappa shape index (κ3) is 3.30. The standard InChI is InChI=1S/C19H21NO4/c1-3-12(2)13-4-6-16(21)15(10-13)20-19(22)14-5-7-17-18(11-14)24-9-8-23-17/h4-7,10-12,21H,3,8-9H2,1-2H3,(H,20,22)/t12-/m1/s1. The average molecular weight is 327 g/mol. The zero-order valence-corrected chi connectivity index (χ0v) is 13.8. The minimum Gasteiger partial charge on any atom is -0.506 e. The van der Waals surface area contributed by atoms with E-state index in [9.17, 15) is 9.90 Å². The van der Waals surface area contributed by atoms with E-state index in [1.54, 1.807) is 24.3 Å². The number of rotatable bonds is 4. The maximum atomic E-state index is 12.5. The van der Waals surface area contributed by atoms with Crippen molar-refractivity contribution in [1.82, 2.24) is 0 Å². The summed E-state index contributed by atoms with van der Waals surface area (Å²) in [5.74, 6) is 1.30. The van der Waals surface area contributed by atoms with Gasteiger partial charge in [0.2, 0.25) is 0 Å². The van der Waals surface area contributed by atoms with Crippen molar-refractivity contribution in [3.05, 3.63) is 47.5 Å². The molecule has 0 saturated heterocycles. The zero-order chi connectivity index (χ0) is 17.1. The first kappa shape index (κ1) is 16.2. The van der Waals surface area contributed by atoms with Gasteiger partial charge in [-0.3, -0.25) is 4.79 Å². The number of benzene rings is 2. The second-order valence-electron chi connectivity index (χ2n) is 5.90. The summed E-state index contributed by atoms with van der Waals surface area (Å²) in [6.07, 6.45) is 0.986. The average Bonchev–Trinajstić information content (AvgIpc) is 2.62. The van der Waals surface area contributed by atoms with Crippen LogP contribution in [0.5, 0.6) is 17.2 Å². The Balaban J connectivity index is 1.82. The number of carbonyl (C=O) groups is 1. The van der Waals surface area contributed by atoms with Gasteiger partial charge in [-0.05, 0) is 48.2 Å². The number of hydrogen-bond acceptors (Lipinski definition) is 4. The van der Waals surface area contributed by atoms with Crippen molar-refractivity contribution in [3.8, 4) is 17.2 Å². The molecule has 1 amide bonds. The van der Waals surface area contributed by atoms with Crippen LogP contribution >= 0.6 is 0 Å². The first-order valence-electron chi connectivity index (χ1n) is 8.12. The SMILES string of the molecule is CC[C@@H](C)c1ccc(O)c(NC(=O)c2ccc3c(c2)OCCO3)c1. The number of anilines is 1. The smallest absolute Gasteiger partial charge is 0.255 e. The molecule has 2 aromatic carbocycles. The third-order valence-corrected chi connectivity index (χ3v) is 4.25. The lowest BCUT2D eigenvalue weighted by molar-refractivity contribution is 0.102. The molecule has 2 aromatic rings. The number of phenolic OH excluding ortho intramolecular Hbond substituents is 1. The van der Waals surface area contributed by atoms with Crippen LogP contribution in [0, 0.1) is 0 Å². The number of aromatic hydroxyl groups is 1. The van der Waals surface area contributed by atoms with Gasteiger partial charge in [-0.25, -0.2) is 0 Å². The number of amides is 1. The van der Waals surface area contributed by atoms with Crippen molar-refractivity contribution in [2.24, 2.45) is 0 Å². The zero-order valence-electron chi connectivity index (χ0n) is 13.8. The van der Waals surface area contributed by atoms with E-state index in [4.69, 9.17) is 9.47 Å². The fourth-order valence-electron chi connectivity index (χ4n) is 2.58. The maximum Gasteiger partial charge on any atom is 0.255 e. The Labute approximate surface area is 141 Å². The molecule has 24 heavy (non-hydrogen) atoms. The Kier molecular flexibility index (Phi) is 4.60. The second-order valence-corrected chi connectivity index (χ2v) is 5.90. The maximum absolute atomic E-state index is 12.5. The Morgan fingerprint density at radius 3 is 2.67 bits per heavy atom. The van der Waals surface area contributed by atoms with E-state index in [-0.39, 0.29) is 11.7 Å². The molecule has 0 aliphatic carbocycles. The molecular formula is C19H21NO4. The first-order valence-corrected chi connectivity index (χ1v) is 8.12. The molecule has 5 heteroatoms. The topological polar surface area (TPSA) is 67.8 Å². The van der Waals surface area contributed by atoms with E-state index in [2.05, 4.69) is 19.2 Å². The van der Waals surface area contributed by atoms with Gasteiger partial charge in [-0.1, -0.05) is 19.9 Å². The Bertz CT molecular complexity index is 757. The Morgan fingerprint density at radius 1 is 1.17 bits per heavy atom. The van der Waals surface area contributed by atoms with Crippen molar-refractivity contribution >= 4 is 11.6 Å². The highest BCUT2D eigenvalue weighted by atomic mass is 16.6. The summed E-state index contributed by atoms with van der Waals surface area (Å²) in [7, 11) is 0. The van der Waals surface area contributed by atoms with E-state index in [1.807, 2.05) is 12.1 Å². The summed E-state index contributed by atoms with van der Waals surface area (Å²) in [5, 5.41) is 12.8. The predicted octanol–water partition coefficient (Wildman–Crippen LogP) is 3.93. The Morgan fingerprint density at radius 2 is 1.92 bits per heavy atom. The van der Waals surface area contributed by atoms with Gasteiger partial charge in [0.15, 0.2) is 11.5 Å². The van der Waals surface area contributed by atoms with Gasteiger partial charge in [0.1, 0.15) is 19.0 Å².